The van der Waals surface area contributed by atoms with E-state index in [1.807, 2.05) is 0 Å². The molecule has 0 spiro atoms. The highest BCUT2D eigenvalue weighted by Gasteiger charge is 2.32. The Labute approximate surface area is 129 Å². The van der Waals surface area contributed by atoms with Gasteiger partial charge in [-0.15, -0.1) is 0 Å². The van der Waals surface area contributed by atoms with Gasteiger partial charge < -0.3 is 5.32 Å². The molecule has 0 aliphatic carbocycles. The summed E-state index contributed by atoms with van der Waals surface area (Å²) in [7, 11) is 0. The highest BCUT2D eigenvalue weighted by atomic mass is 15.3. The van der Waals surface area contributed by atoms with Crippen LogP contribution < -0.4 is 5.32 Å². The van der Waals surface area contributed by atoms with Gasteiger partial charge in [-0.05, 0) is 37.9 Å². The van der Waals surface area contributed by atoms with E-state index in [0.29, 0.717) is 0 Å². The summed E-state index contributed by atoms with van der Waals surface area (Å²) < 4.78 is 0. The smallest absolute Gasteiger partial charge is 0.0238 e. The van der Waals surface area contributed by atoms with Gasteiger partial charge in [-0.25, -0.2) is 0 Å². The molecule has 2 saturated heterocycles. The van der Waals surface area contributed by atoms with Crippen LogP contribution in [-0.2, 0) is 6.54 Å². The maximum Gasteiger partial charge on any atom is 0.0238 e. The fraction of sp³-hybridized carbons (Fsp3) is 0.667. The van der Waals surface area contributed by atoms with Crippen LogP contribution in [0.3, 0.4) is 0 Å². The van der Waals surface area contributed by atoms with Crippen LogP contribution >= 0.6 is 0 Å². The van der Waals surface area contributed by atoms with Gasteiger partial charge in [0.1, 0.15) is 0 Å². The van der Waals surface area contributed by atoms with Crippen LogP contribution in [0, 0.1) is 0 Å². The number of hydrogen-bond donors (Lipinski definition) is 1. The van der Waals surface area contributed by atoms with E-state index in [2.05, 4.69) is 52.4 Å². The fourth-order valence-electron chi connectivity index (χ4n) is 3.91. The first-order chi connectivity index (χ1) is 10.4. The minimum Gasteiger partial charge on any atom is -0.315 e. The first kappa shape index (κ1) is 15.0. The Kier molecular flexibility index (Phi) is 5.28. The van der Waals surface area contributed by atoms with E-state index in [4.69, 9.17) is 0 Å². The zero-order valence-corrected chi connectivity index (χ0v) is 13.3. The summed E-state index contributed by atoms with van der Waals surface area (Å²) in [6.07, 6.45) is 3.93. The predicted molar refractivity (Wildman–Crippen MR) is 88.4 cm³/mol. The van der Waals surface area contributed by atoms with Crippen LogP contribution in [0.2, 0.25) is 0 Å². The van der Waals surface area contributed by atoms with Crippen LogP contribution in [0.5, 0.6) is 0 Å². The molecule has 0 saturated carbocycles. The molecular weight excluding hydrogens is 258 g/mol. The van der Waals surface area contributed by atoms with Crippen molar-refractivity contribution in [3.63, 3.8) is 0 Å². The molecule has 3 nitrogen and oxygen atoms in total. The number of hydrogen-bond acceptors (Lipinski definition) is 3. The molecule has 21 heavy (non-hydrogen) atoms. The maximum atomic E-state index is 3.53. The summed E-state index contributed by atoms with van der Waals surface area (Å²) in [5.41, 5.74) is 1.45. The molecule has 2 heterocycles. The first-order valence-electron chi connectivity index (χ1n) is 8.59. The highest BCUT2D eigenvalue weighted by Crippen LogP contribution is 2.22. The lowest BCUT2D eigenvalue weighted by atomic mass is 10.1. The van der Waals surface area contributed by atoms with Gasteiger partial charge >= 0.3 is 0 Å². The Morgan fingerprint density at radius 3 is 2.76 bits per heavy atom. The summed E-state index contributed by atoms with van der Waals surface area (Å²) in [6, 6.07) is 12.4. The zero-order chi connectivity index (χ0) is 14.5. The Morgan fingerprint density at radius 1 is 1.19 bits per heavy atom. The van der Waals surface area contributed by atoms with E-state index in [1.165, 1.54) is 57.5 Å². The molecule has 2 unspecified atom stereocenters. The third kappa shape index (κ3) is 3.85. The molecule has 2 atom stereocenters. The number of likely N-dealkylation sites (tertiary alicyclic amines) is 1. The van der Waals surface area contributed by atoms with E-state index in [0.717, 1.165) is 18.6 Å². The predicted octanol–water partition coefficient (Wildman–Crippen LogP) is 2.33. The molecular formula is C18H29N3. The van der Waals surface area contributed by atoms with Crippen molar-refractivity contribution in [2.24, 2.45) is 0 Å². The van der Waals surface area contributed by atoms with Gasteiger partial charge in [0.15, 0.2) is 0 Å². The van der Waals surface area contributed by atoms with E-state index in [-0.39, 0.29) is 0 Å². The second-order valence-electron chi connectivity index (χ2n) is 6.55. The van der Waals surface area contributed by atoms with Crippen molar-refractivity contribution >= 4 is 0 Å². The molecule has 116 valence electrons. The summed E-state index contributed by atoms with van der Waals surface area (Å²) in [5.74, 6) is 0. The van der Waals surface area contributed by atoms with Gasteiger partial charge in [0, 0.05) is 38.3 Å². The Morgan fingerprint density at radius 2 is 2.05 bits per heavy atom. The van der Waals surface area contributed by atoms with E-state index >= 15 is 0 Å². The number of nitrogens with one attached hydrogen (secondary N) is 1. The van der Waals surface area contributed by atoms with Crippen molar-refractivity contribution in [1.29, 1.82) is 0 Å². The van der Waals surface area contributed by atoms with Gasteiger partial charge in [-0.2, -0.15) is 0 Å². The maximum absolute atomic E-state index is 3.53. The number of rotatable bonds is 6. The molecule has 3 rings (SSSR count). The summed E-state index contributed by atoms with van der Waals surface area (Å²) >= 11 is 0. The van der Waals surface area contributed by atoms with Gasteiger partial charge in [0.05, 0.1) is 0 Å². The SMILES string of the molecule is CCCN(C1CCNC1)C1CCN(Cc2ccccc2)C1. The first-order valence-corrected chi connectivity index (χ1v) is 8.59. The zero-order valence-electron chi connectivity index (χ0n) is 13.3. The van der Waals surface area contributed by atoms with Crippen molar-refractivity contribution in [3.8, 4) is 0 Å². The minimum absolute atomic E-state index is 0.763. The van der Waals surface area contributed by atoms with Crippen LogP contribution in [0.1, 0.15) is 31.7 Å². The van der Waals surface area contributed by atoms with Crippen LogP contribution in [0.15, 0.2) is 30.3 Å². The third-order valence-electron chi connectivity index (χ3n) is 4.95. The average molecular weight is 287 g/mol. The lowest BCUT2D eigenvalue weighted by Gasteiger charge is -2.34. The minimum atomic E-state index is 0.763. The Hall–Kier alpha value is -0.900. The molecule has 3 heteroatoms. The van der Waals surface area contributed by atoms with Crippen LogP contribution in [0.4, 0.5) is 0 Å². The van der Waals surface area contributed by atoms with Crippen molar-refractivity contribution < 1.29 is 0 Å². The monoisotopic (exact) mass is 287 g/mol. The second kappa shape index (κ2) is 7.39. The molecule has 0 aromatic heterocycles. The molecule has 2 aliphatic heterocycles. The molecule has 1 aromatic rings. The molecule has 0 radical (unpaired) electrons. The van der Waals surface area contributed by atoms with Gasteiger partial charge in [0.2, 0.25) is 0 Å². The molecule has 1 N–H and O–H groups in total. The fourth-order valence-corrected chi connectivity index (χ4v) is 3.91. The molecule has 0 bridgehead atoms. The topological polar surface area (TPSA) is 18.5 Å². The highest BCUT2D eigenvalue weighted by molar-refractivity contribution is 5.14. The molecule has 2 aliphatic rings. The summed E-state index contributed by atoms with van der Waals surface area (Å²) in [4.78, 5) is 5.43. The normalized spacial score (nSPS) is 26.8. The summed E-state index contributed by atoms with van der Waals surface area (Å²) in [6.45, 7) is 9.56. The second-order valence-corrected chi connectivity index (χ2v) is 6.55. The number of nitrogens with zero attached hydrogens (tertiary/aromatic N) is 2. The van der Waals surface area contributed by atoms with Crippen molar-refractivity contribution in [1.82, 2.24) is 15.1 Å². The lowest BCUT2D eigenvalue weighted by molar-refractivity contribution is 0.142. The van der Waals surface area contributed by atoms with E-state index in [1.54, 1.807) is 0 Å². The van der Waals surface area contributed by atoms with Gasteiger partial charge in [0.25, 0.3) is 0 Å². The van der Waals surface area contributed by atoms with Crippen molar-refractivity contribution in [2.45, 2.75) is 44.8 Å². The van der Waals surface area contributed by atoms with Crippen molar-refractivity contribution in [2.75, 3.05) is 32.7 Å². The average Bonchev–Trinajstić information content (AvgIpc) is 3.17. The Balaban J connectivity index is 1.56. The summed E-state index contributed by atoms with van der Waals surface area (Å²) in [5, 5.41) is 3.53. The Bertz CT molecular complexity index is 414. The van der Waals surface area contributed by atoms with Gasteiger partial charge in [-0.3, -0.25) is 9.80 Å². The quantitative estimate of drug-likeness (QED) is 0.866. The lowest BCUT2D eigenvalue weighted by Crippen LogP contribution is -2.46. The molecule has 1 aromatic carbocycles. The van der Waals surface area contributed by atoms with E-state index in [9.17, 15) is 0 Å². The third-order valence-corrected chi connectivity index (χ3v) is 4.95. The molecule has 0 amide bonds. The largest absolute Gasteiger partial charge is 0.315 e. The van der Waals surface area contributed by atoms with E-state index < -0.39 is 0 Å². The van der Waals surface area contributed by atoms with Crippen LogP contribution in [-0.4, -0.2) is 54.6 Å². The van der Waals surface area contributed by atoms with Crippen LogP contribution in [0.25, 0.3) is 0 Å². The van der Waals surface area contributed by atoms with Gasteiger partial charge in [-0.1, -0.05) is 37.3 Å². The number of benzene rings is 1. The standard InChI is InChI=1S/C18H29N3/c1-2-11-21(17-8-10-19-13-17)18-9-12-20(15-18)14-16-6-4-3-5-7-16/h3-7,17-19H,2,8-15H2,1H3. The van der Waals surface area contributed by atoms with Crippen molar-refractivity contribution in [3.05, 3.63) is 35.9 Å². The molecule has 2 fully saturated rings.